The lowest BCUT2D eigenvalue weighted by Gasteiger charge is -2.04. The van der Waals surface area contributed by atoms with Crippen molar-refractivity contribution in [3.63, 3.8) is 0 Å². The van der Waals surface area contributed by atoms with Crippen molar-refractivity contribution in [3.05, 3.63) is 23.8 Å². The summed E-state index contributed by atoms with van der Waals surface area (Å²) in [6.07, 6.45) is 5.79. The molecule has 1 rings (SSSR count). The van der Waals surface area contributed by atoms with Crippen LogP contribution in [0.15, 0.2) is 12.4 Å². The molecule has 0 unspecified atom stereocenters. The van der Waals surface area contributed by atoms with Crippen LogP contribution in [-0.4, -0.2) is 36.5 Å². The summed E-state index contributed by atoms with van der Waals surface area (Å²) in [5.74, 6) is 1.76. The Balaban J connectivity index is 2.29. The van der Waals surface area contributed by atoms with Gasteiger partial charge in [0.1, 0.15) is 5.82 Å². The molecule has 84 valence electrons. The first kappa shape index (κ1) is 12.4. The van der Waals surface area contributed by atoms with E-state index in [1.807, 2.05) is 18.6 Å². The summed E-state index contributed by atoms with van der Waals surface area (Å²) in [4.78, 5) is 8.53. The maximum atomic E-state index is 4.93. The van der Waals surface area contributed by atoms with Crippen LogP contribution in [0.1, 0.15) is 11.4 Å². The Labute approximate surface area is 94.8 Å². The third kappa shape index (κ3) is 5.11. The molecule has 1 heterocycles. The first-order chi connectivity index (χ1) is 7.36. The number of thioether (sulfide) groups is 1. The highest BCUT2D eigenvalue weighted by Crippen LogP contribution is 2.03. The lowest BCUT2D eigenvalue weighted by molar-refractivity contribution is 0.199. The summed E-state index contributed by atoms with van der Waals surface area (Å²) in [7, 11) is 1.70. The number of nitrogens with zero attached hydrogens (tertiary/aromatic N) is 2. The Morgan fingerprint density at radius 1 is 1.40 bits per heavy atom. The van der Waals surface area contributed by atoms with Crippen molar-refractivity contribution in [1.82, 2.24) is 15.3 Å². The van der Waals surface area contributed by atoms with Gasteiger partial charge in [-0.1, -0.05) is 0 Å². The molecule has 15 heavy (non-hydrogen) atoms. The van der Waals surface area contributed by atoms with E-state index in [2.05, 4.69) is 15.3 Å². The predicted octanol–water partition coefficient (Wildman–Crippen LogP) is 1.08. The summed E-state index contributed by atoms with van der Waals surface area (Å²) in [5.41, 5.74) is 1.11. The average molecular weight is 227 g/mol. The van der Waals surface area contributed by atoms with Crippen LogP contribution in [0.5, 0.6) is 0 Å². The quantitative estimate of drug-likeness (QED) is 0.706. The molecule has 0 amide bonds. The highest BCUT2D eigenvalue weighted by molar-refractivity contribution is 7.97. The molecule has 0 fully saturated rings. The smallest absolute Gasteiger partial charge is 0.138 e. The largest absolute Gasteiger partial charge is 0.383 e. The molecule has 0 saturated heterocycles. The van der Waals surface area contributed by atoms with E-state index in [0.717, 1.165) is 36.8 Å². The molecule has 4 nitrogen and oxygen atoms in total. The molecule has 1 aromatic heterocycles. The van der Waals surface area contributed by atoms with Crippen molar-refractivity contribution in [2.75, 3.05) is 26.5 Å². The van der Waals surface area contributed by atoms with E-state index in [4.69, 9.17) is 4.74 Å². The minimum Gasteiger partial charge on any atom is -0.383 e. The molecule has 0 radical (unpaired) electrons. The van der Waals surface area contributed by atoms with Gasteiger partial charge in [0.05, 0.1) is 12.4 Å². The fourth-order valence-electron chi connectivity index (χ4n) is 1.08. The number of nitrogens with one attached hydrogen (secondary N) is 1. The first-order valence-corrected chi connectivity index (χ1v) is 6.24. The summed E-state index contributed by atoms with van der Waals surface area (Å²) in [6.45, 7) is 2.37. The normalized spacial score (nSPS) is 10.5. The molecule has 5 heteroatoms. The highest BCUT2D eigenvalue weighted by Gasteiger charge is 1.96. The lowest BCUT2D eigenvalue weighted by atomic mass is 10.3. The standard InChI is InChI=1S/C10H17N3OS/c1-14-4-3-11-5-9-6-12-10(8-15-2)13-7-9/h6-7,11H,3-5,8H2,1-2H3. The zero-order chi connectivity index (χ0) is 10.9. The predicted molar refractivity (Wildman–Crippen MR) is 62.8 cm³/mol. The topological polar surface area (TPSA) is 47.0 Å². The SMILES string of the molecule is COCCNCc1cnc(CSC)nc1. The van der Waals surface area contributed by atoms with Gasteiger partial charge >= 0.3 is 0 Å². The van der Waals surface area contributed by atoms with Crippen LogP contribution in [0.25, 0.3) is 0 Å². The van der Waals surface area contributed by atoms with E-state index >= 15 is 0 Å². The fourth-order valence-corrected chi connectivity index (χ4v) is 1.49. The summed E-state index contributed by atoms with van der Waals surface area (Å²) < 4.78 is 4.93. The van der Waals surface area contributed by atoms with Gasteiger partial charge in [0, 0.05) is 38.2 Å². The van der Waals surface area contributed by atoms with Gasteiger partial charge in [0.25, 0.3) is 0 Å². The molecule has 0 aromatic carbocycles. The fraction of sp³-hybridized carbons (Fsp3) is 0.600. The van der Waals surface area contributed by atoms with Crippen LogP contribution >= 0.6 is 11.8 Å². The third-order valence-corrected chi connectivity index (χ3v) is 2.39. The molecule has 0 saturated carbocycles. The molecule has 1 N–H and O–H groups in total. The monoisotopic (exact) mass is 227 g/mol. The minimum atomic E-state index is 0.728. The van der Waals surface area contributed by atoms with Crippen molar-refractivity contribution in [1.29, 1.82) is 0 Å². The van der Waals surface area contributed by atoms with Crippen molar-refractivity contribution >= 4 is 11.8 Å². The second-order valence-corrected chi connectivity index (χ2v) is 3.98. The second-order valence-electron chi connectivity index (χ2n) is 3.11. The van der Waals surface area contributed by atoms with Crippen molar-refractivity contribution < 1.29 is 4.74 Å². The summed E-state index contributed by atoms with van der Waals surface area (Å²) in [6, 6.07) is 0. The van der Waals surface area contributed by atoms with Crippen LogP contribution in [0, 0.1) is 0 Å². The van der Waals surface area contributed by atoms with Crippen LogP contribution in [0.3, 0.4) is 0 Å². The van der Waals surface area contributed by atoms with Gasteiger partial charge < -0.3 is 10.1 Å². The second kappa shape index (κ2) is 7.62. The van der Waals surface area contributed by atoms with Crippen LogP contribution in [0.2, 0.25) is 0 Å². The highest BCUT2D eigenvalue weighted by atomic mass is 32.2. The third-order valence-electron chi connectivity index (χ3n) is 1.84. The Morgan fingerprint density at radius 3 is 2.73 bits per heavy atom. The van der Waals surface area contributed by atoms with Crippen LogP contribution in [0.4, 0.5) is 0 Å². The molecular weight excluding hydrogens is 210 g/mol. The van der Waals surface area contributed by atoms with Gasteiger partial charge in [-0.2, -0.15) is 11.8 Å². The molecule has 0 aliphatic heterocycles. The number of hydrogen-bond acceptors (Lipinski definition) is 5. The lowest BCUT2D eigenvalue weighted by Crippen LogP contribution is -2.18. The average Bonchev–Trinajstić information content (AvgIpc) is 2.27. The molecule has 0 spiro atoms. The minimum absolute atomic E-state index is 0.728. The van der Waals surface area contributed by atoms with Crippen LogP contribution < -0.4 is 5.32 Å². The van der Waals surface area contributed by atoms with Gasteiger partial charge in [0.15, 0.2) is 0 Å². The van der Waals surface area contributed by atoms with E-state index in [-0.39, 0.29) is 0 Å². The Hall–Kier alpha value is -0.650. The molecule has 0 atom stereocenters. The first-order valence-electron chi connectivity index (χ1n) is 4.85. The zero-order valence-electron chi connectivity index (χ0n) is 9.19. The maximum Gasteiger partial charge on any atom is 0.138 e. The number of rotatable bonds is 7. The molecule has 0 aliphatic carbocycles. The number of aromatic nitrogens is 2. The van der Waals surface area contributed by atoms with E-state index in [1.54, 1.807) is 18.9 Å². The summed E-state index contributed by atoms with van der Waals surface area (Å²) >= 11 is 1.73. The number of hydrogen-bond donors (Lipinski definition) is 1. The van der Waals surface area contributed by atoms with Crippen molar-refractivity contribution in [2.45, 2.75) is 12.3 Å². The zero-order valence-corrected chi connectivity index (χ0v) is 10.0. The molecule has 0 bridgehead atoms. The van der Waals surface area contributed by atoms with E-state index < -0.39 is 0 Å². The maximum absolute atomic E-state index is 4.93. The van der Waals surface area contributed by atoms with Gasteiger partial charge in [0.2, 0.25) is 0 Å². The Kier molecular flexibility index (Phi) is 6.31. The Morgan fingerprint density at radius 2 is 2.13 bits per heavy atom. The van der Waals surface area contributed by atoms with Gasteiger partial charge in [-0.05, 0) is 6.26 Å². The van der Waals surface area contributed by atoms with Crippen molar-refractivity contribution in [3.8, 4) is 0 Å². The van der Waals surface area contributed by atoms with Crippen LogP contribution in [-0.2, 0) is 17.0 Å². The van der Waals surface area contributed by atoms with E-state index in [0.29, 0.717) is 0 Å². The van der Waals surface area contributed by atoms with Gasteiger partial charge in [-0.3, -0.25) is 0 Å². The van der Waals surface area contributed by atoms with E-state index in [9.17, 15) is 0 Å². The molecule has 0 aliphatic rings. The number of ether oxygens (including phenoxy) is 1. The van der Waals surface area contributed by atoms with Crippen molar-refractivity contribution in [2.24, 2.45) is 0 Å². The van der Waals surface area contributed by atoms with Gasteiger partial charge in [-0.15, -0.1) is 0 Å². The molecular formula is C10H17N3OS. The van der Waals surface area contributed by atoms with Gasteiger partial charge in [-0.25, -0.2) is 9.97 Å². The summed E-state index contributed by atoms with van der Waals surface area (Å²) in [5, 5.41) is 3.24. The Bertz CT molecular complexity index is 266. The molecule has 1 aromatic rings. The van der Waals surface area contributed by atoms with E-state index in [1.165, 1.54) is 0 Å². The number of methoxy groups -OCH3 is 1.